The fourth-order valence-corrected chi connectivity index (χ4v) is 4.60. The fraction of sp³-hybridized carbons (Fsp3) is 0.483. The van der Waals surface area contributed by atoms with E-state index in [2.05, 4.69) is 38.3 Å². The Hall–Kier alpha value is -4.15. The van der Waals surface area contributed by atoms with Gasteiger partial charge in [0.1, 0.15) is 0 Å². The van der Waals surface area contributed by atoms with E-state index >= 15 is 0 Å². The highest BCUT2D eigenvalue weighted by Gasteiger charge is 2.21. The van der Waals surface area contributed by atoms with Crippen LogP contribution in [0.2, 0.25) is 0 Å². The molecule has 0 spiro atoms. The third kappa shape index (κ3) is 7.49. The molecule has 2 aromatic carbocycles. The van der Waals surface area contributed by atoms with Crippen molar-refractivity contribution in [1.29, 1.82) is 0 Å². The van der Waals surface area contributed by atoms with Crippen LogP contribution in [0.15, 0.2) is 30.3 Å². The first-order chi connectivity index (χ1) is 19.1. The van der Waals surface area contributed by atoms with Crippen molar-refractivity contribution in [3.63, 3.8) is 0 Å². The van der Waals surface area contributed by atoms with Gasteiger partial charge in [0.15, 0.2) is 11.5 Å². The Labute approximate surface area is 235 Å². The van der Waals surface area contributed by atoms with Crippen molar-refractivity contribution < 1.29 is 28.9 Å². The van der Waals surface area contributed by atoms with Gasteiger partial charge in [-0.1, -0.05) is 27.7 Å². The minimum atomic E-state index is -1.07. The largest absolute Gasteiger partial charge is 0.493 e. The molecule has 1 heterocycles. The lowest BCUT2D eigenvalue weighted by atomic mass is 10.1. The van der Waals surface area contributed by atoms with Gasteiger partial charge in [0.05, 0.1) is 32.4 Å². The second-order valence-electron chi connectivity index (χ2n) is 10.4. The summed E-state index contributed by atoms with van der Waals surface area (Å²) in [6, 6.07) is 9.08. The number of methoxy groups -OCH3 is 3. The molecule has 0 atom stereocenters. The standard InChI is InChI=1S/C29H41N5O6/c1-18(2)16-33(17-19(3)4)27(35)20-9-10-22-23(13-20)34(12-8-11-30-29(36)37)28(32-22)31-21-14-24(38-5)26(40-7)25(15-21)39-6/h9-10,13-15,18-19,30H,8,11-12,16-17H2,1-7H3,(H,31,32)(H,36,37). The summed E-state index contributed by atoms with van der Waals surface area (Å²) in [5.41, 5.74) is 2.71. The second kappa shape index (κ2) is 13.8. The van der Waals surface area contributed by atoms with Crippen LogP contribution in [0.3, 0.4) is 0 Å². The van der Waals surface area contributed by atoms with Crippen LogP contribution in [0, 0.1) is 11.8 Å². The number of nitrogens with zero attached hydrogens (tertiary/aromatic N) is 3. The molecule has 0 aliphatic carbocycles. The first-order valence-corrected chi connectivity index (χ1v) is 13.4. The highest BCUT2D eigenvalue weighted by Crippen LogP contribution is 2.40. The molecular formula is C29H41N5O6. The first kappa shape index (κ1) is 30.4. The van der Waals surface area contributed by atoms with Crippen molar-refractivity contribution in [2.45, 2.75) is 40.7 Å². The monoisotopic (exact) mass is 555 g/mol. The maximum absolute atomic E-state index is 13.6. The van der Waals surface area contributed by atoms with E-state index in [1.54, 1.807) is 33.5 Å². The van der Waals surface area contributed by atoms with Crippen molar-refractivity contribution in [3.05, 3.63) is 35.9 Å². The highest BCUT2D eigenvalue weighted by atomic mass is 16.5. The number of benzene rings is 2. The fourth-order valence-electron chi connectivity index (χ4n) is 4.60. The number of hydrogen-bond donors (Lipinski definition) is 3. The summed E-state index contributed by atoms with van der Waals surface area (Å²) < 4.78 is 18.4. The molecule has 0 saturated heterocycles. The van der Waals surface area contributed by atoms with Gasteiger partial charge in [-0.15, -0.1) is 0 Å². The number of ether oxygens (including phenoxy) is 3. The van der Waals surface area contributed by atoms with Gasteiger partial charge in [0.2, 0.25) is 11.7 Å². The minimum Gasteiger partial charge on any atom is -0.493 e. The molecule has 0 unspecified atom stereocenters. The van der Waals surface area contributed by atoms with Gasteiger partial charge >= 0.3 is 6.09 Å². The number of rotatable bonds is 14. The molecule has 0 saturated carbocycles. The SMILES string of the molecule is COc1cc(Nc2nc3ccc(C(=O)N(CC(C)C)CC(C)C)cc3n2CCCNC(=O)O)cc(OC)c1OC. The van der Waals surface area contributed by atoms with E-state index in [0.717, 1.165) is 5.52 Å². The van der Waals surface area contributed by atoms with Crippen LogP contribution in [-0.2, 0) is 6.54 Å². The lowest BCUT2D eigenvalue weighted by Gasteiger charge is -2.26. The number of carbonyl (C=O) groups excluding carboxylic acids is 1. The van der Waals surface area contributed by atoms with Crippen LogP contribution in [0.25, 0.3) is 11.0 Å². The van der Waals surface area contributed by atoms with E-state index < -0.39 is 6.09 Å². The van der Waals surface area contributed by atoms with Gasteiger partial charge in [0.25, 0.3) is 5.91 Å². The number of aromatic nitrogens is 2. The van der Waals surface area contributed by atoms with Crippen LogP contribution in [0.1, 0.15) is 44.5 Å². The maximum atomic E-state index is 13.6. The number of imidazole rings is 1. The van der Waals surface area contributed by atoms with Gasteiger partial charge in [-0.2, -0.15) is 0 Å². The number of amides is 2. The van der Waals surface area contributed by atoms with Gasteiger partial charge in [-0.3, -0.25) is 4.79 Å². The third-order valence-electron chi connectivity index (χ3n) is 6.21. The summed E-state index contributed by atoms with van der Waals surface area (Å²) in [5, 5.41) is 14.7. The third-order valence-corrected chi connectivity index (χ3v) is 6.21. The Morgan fingerprint density at radius 3 is 2.12 bits per heavy atom. The van der Waals surface area contributed by atoms with Crippen LogP contribution in [0.4, 0.5) is 16.4 Å². The van der Waals surface area contributed by atoms with E-state index in [1.807, 2.05) is 27.7 Å². The quantitative estimate of drug-likeness (QED) is 0.231. The summed E-state index contributed by atoms with van der Waals surface area (Å²) in [7, 11) is 4.64. The zero-order valence-corrected chi connectivity index (χ0v) is 24.4. The topological polar surface area (TPSA) is 127 Å². The summed E-state index contributed by atoms with van der Waals surface area (Å²) in [6.07, 6.45) is -0.554. The molecule has 0 bridgehead atoms. The first-order valence-electron chi connectivity index (χ1n) is 13.4. The molecule has 0 fully saturated rings. The van der Waals surface area contributed by atoms with E-state index in [4.69, 9.17) is 24.3 Å². The predicted octanol–water partition coefficient (Wildman–Crippen LogP) is 5.22. The molecule has 0 aliphatic heterocycles. The Kier molecular flexibility index (Phi) is 10.5. The van der Waals surface area contributed by atoms with Crippen molar-refractivity contribution in [2.75, 3.05) is 46.3 Å². The van der Waals surface area contributed by atoms with Crippen molar-refractivity contribution >= 4 is 34.7 Å². The minimum absolute atomic E-state index is 0.0243. The Bertz CT molecular complexity index is 1280. The number of nitrogens with one attached hydrogen (secondary N) is 2. The van der Waals surface area contributed by atoms with Crippen LogP contribution >= 0.6 is 0 Å². The molecule has 2 amide bonds. The lowest BCUT2D eigenvalue weighted by molar-refractivity contribution is 0.0715. The number of carbonyl (C=O) groups is 2. The molecule has 3 aromatic rings. The van der Waals surface area contributed by atoms with Crippen LogP contribution in [0.5, 0.6) is 17.2 Å². The molecule has 11 nitrogen and oxygen atoms in total. The average Bonchev–Trinajstić information content (AvgIpc) is 3.24. The predicted molar refractivity (Wildman–Crippen MR) is 155 cm³/mol. The van der Waals surface area contributed by atoms with Crippen molar-refractivity contribution in [1.82, 2.24) is 19.8 Å². The molecule has 40 heavy (non-hydrogen) atoms. The number of carboxylic acid groups (broad SMARTS) is 1. The van der Waals surface area contributed by atoms with E-state index in [9.17, 15) is 9.59 Å². The molecule has 1 aromatic heterocycles. The maximum Gasteiger partial charge on any atom is 0.404 e. The average molecular weight is 556 g/mol. The molecule has 3 N–H and O–H groups in total. The molecular weight excluding hydrogens is 514 g/mol. The summed E-state index contributed by atoms with van der Waals surface area (Å²) >= 11 is 0. The molecule has 0 aliphatic rings. The van der Waals surface area contributed by atoms with Crippen LogP contribution in [-0.4, -0.2) is 72.5 Å². The highest BCUT2D eigenvalue weighted by molar-refractivity contribution is 5.98. The second-order valence-corrected chi connectivity index (χ2v) is 10.4. The molecule has 218 valence electrons. The number of fused-ring (bicyclic) bond motifs is 1. The summed E-state index contributed by atoms with van der Waals surface area (Å²) in [4.78, 5) is 31.2. The van der Waals surface area contributed by atoms with E-state index in [1.165, 1.54) is 0 Å². The molecule has 3 rings (SSSR count). The van der Waals surface area contributed by atoms with E-state index in [-0.39, 0.29) is 12.5 Å². The Balaban J connectivity index is 2.04. The van der Waals surface area contributed by atoms with Gasteiger partial charge < -0.3 is 39.4 Å². The lowest BCUT2D eigenvalue weighted by Crippen LogP contribution is -2.37. The Morgan fingerprint density at radius 2 is 1.60 bits per heavy atom. The van der Waals surface area contributed by atoms with Gasteiger partial charge in [-0.05, 0) is 36.5 Å². The van der Waals surface area contributed by atoms with Gasteiger partial charge in [0, 0.05) is 49.6 Å². The smallest absolute Gasteiger partial charge is 0.404 e. The molecule has 11 heteroatoms. The van der Waals surface area contributed by atoms with Crippen molar-refractivity contribution in [2.24, 2.45) is 11.8 Å². The normalized spacial score (nSPS) is 11.1. The number of aryl methyl sites for hydroxylation is 1. The zero-order valence-electron chi connectivity index (χ0n) is 24.4. The van der Waals surface area contributed by atoms with E-state index in [0.29, 0.717) is 77.9 Å². The summed E-state index contributed by atoms with van der Waals surface area (Å²) in [6.45, 7) is 10.5. The van der Waals surface area contributed by atoms with Crippen LogP contribution < -0.4 is 24.8 Å². The summed E-state index contributed by atoms with van der Waals surface area (Å²) in [5.74, 6) is 2.64. The van der Waals surface area contributed by atoms with Gasteiger partial charge in [-0.25, -0.2) is 9.78 Å². The number of hydrogen-bond acceptors (Lipinski definition) is 7. The Morgan fingerprint density at radius 1 is 0.975 bits per heavy atom. The van der Waals surface area contributed by atoms with Crippen molar-refractivity contribution in [3.8, 4) is 17.2 Å². The number of anilines is 2. The molecule has 0 radical (unpaired) electrons. The zero-order chi connectivity index (χ0) is 29.4.